The third-order valence-corrected chi connectivity index (χ3v) is 6.84. The molecule has 0 bridgehead atoms. The van der Waals surface area contributed by atoms with E-state index in [4.69, 9.17) is 14.2 Å². The number of rotatable bonds is 7. The highest BCUT2D eigenvalue weighted by Gasteiger charge is 2.25. The first kappa shape index (κ1) is 21.2. The summed E-state index contributed by atoms with van der Waals surface area (Å²) in [5, 5.41) is 10.1. The van der Waals surface area contributed by atoms with Crippen molar-refractivity contribution in [1.82, 2.24) is 9.29 Å². The number of benzene rings is 2. The summed E-state index contributed by atoms with van der Waals surface area (Å²) in [4.78, 5) is 15.5. The van der Waals surface area contributed by atoms with Crippen LogP contribution in [-0.2, 0) is 16.6 Å². The number of methoxy groups -OCH3 is 1. The molecule has 2 aromatic carbocycles. The third-order valence-electron chi connectivity index (χ3n) is 4.98. The van der Waals surface area contributed by atoms with E-state index in [1.165, 1.54) is 31.4 Å². The van der Waals surface area contributed by atoms with Gasteiger partial charge in [0.15, 0.2) is 11.5 Å². The number of hydrogen-bond acceptors (Lipinski definition) is 7. The van der Waals surface area contributed by atoms with Gasteiger partial charge >= 0.3 is 0 Å². The summed E-state index contributed by atoms with van der Waals surface area (Å²) in [6, 6.07) is 11.0. The Morgan fingerprint density at radius 3 is 2.42 bits per heavy atom. The SMILES string of the molecule is COc1ccc(S(=O)(=O)N(CCO)Cc2cc3cc4c(cc3[nH]c2=O)OCCO4)cc1. The van der Waals surface area contributed by atoms with Gasteiger partial charge in [0.2, 0.25) is 10.0 Å². The van der Waals surface area contributed by atoms with Crippen LogP contribution in [0, 0.1) is 0 Å². The molecule has 1 aliphatic rings. The molecule has 0 amide bonds. The van der Waals surface area contributed by atoms with Crippen molar-refractivity contribution in [1.29, 1.82) is 0 Å². The van der Waals surface area contributed by atoms with E-state index in [2.05, 4.69) is 4.98 Å². The average Bonchev–Trinajstić information content (AvgIpc) is 2.78. The van der Waals surface area contributed by atoms with Crippen LogP contribution in [0.2, 0.25) is 0 Å². The van der Waals surface area contributed by atoms with Crippen molar-refractivity contribution in [2.45, 2.75) is 11.4 Å². The second-order valence-electron chi connectivity index (χ2n) is 6.94. The highest BCUT2D eigenvalue weighted by molar-refractivity contribution is 7.89. The summed E-state index contributed by atoms with van der Waals surface area (Å²) >= 11 is 0. The molecule has 2 heterocycles. The fourth-order valence-corrected chi connectivity index (χ4v) is 4.80. The van der Waals surface area contributed by atoms with Gasteiger partial charge in [-0.25, -0.2) is 8.42 Å². The Labute approximate surface area is 178 Å². The van der Waals surface area contributed by atoms with E-state index in [0.29, 0.717) is 41.4 Å². The molecule has 9 nitrogen and oxygen atoms in total. The van der Waals surface area contributed by atoms with E-state index >= 15 is 0 Å². The molecule has 0 unspecified atom stereocenters. The number of sulfonamides is 1. The topological polar surface area (TPSA) is 118 Å². The Balaban J connectivity index is 1.70. The number of aliphatic hydroxyl groups excluding tert-OH is 1. The van der Waals surface area contributed by atoms with E-state index in [9.17, 15) is 18.3 Å². The van der Waals surface area contributed by atoms with Gasteiger partial charge in [-0.3, -0.25) is 4.79 Å². The fraction of sp³-hybridized carbons (Fsp3) is 0.286. The minimum atomic E-state index is -3.95. The summed E-state index contributed by atoms with van der Waals surface area (Å²) in [5.74, 6) is 1.63. The Morgan fingerprint density at radius 2 is 1.77 bits per heavy atom. The summed E-state index contributed by atoms with van der Waals surface area (Å²) in [7, 11) is -2.46. The normalized spacial score (nSPS) is 13.5. The van der Waals surface area contributed by atoms with Crippen LogP contribution in [0.5, 0.6) is 17.2 Å². The molecule has 3 aromatic rings. The molecule has 0 aliphatic carbocycles. The van der Waals surface area contributed by atoms with Crippen LogP contribution in [0.4, 0.5) is 0 Å². The molecule has 10 heteroatoms. The quantitative estimate of drug-likeness (QED) is 0.565. The highest BCUT2D eigenvalue weighted by atomic mass is 32.2. The highest BCUT2D eigenvalue weighted by Crippen LogP contribution is 2.33. The number of H-pyrrole nitrogens is 1. The number of aromatic amines is 1. The van der Waals surface area contributed by atoms with Gasteiger partial charge in [0, 0.05) is 30.1 Å². The van der Waals surface area contributed by atoms with Crippen LogP contribution in [-0.4, -0.2) is 56.3 Å². The lowest BCUT2D eigenvalue weighted by molar-refractivity contribution is 0.172. The molecule has 0 spiro atoms. The maximum absolute atomic E-state index is 13.1. The van der Waals surface area contributed by atoms with Gasteiger partial charge in [-0.2, -0.15) is 4.31 Å². The first-order chi connectivity index (χ1) is 14.9. The van der Waals surface area contributed by atoms with Crippen LogP contribution in [0.1, 0.15) is 5.56 Å². The van der Waals surface area contributed by atoms with Crippen molar-refractivity contribution in [3.63, 3.8) is 0 Å². The van der Waals surface area contributed by atoms with Gasteiger partial charge in [-0.05, 0) is 36.4 Å². The number of aromatic nitrogens is 1. The number of nitrogens with one attached hydrogen (secondary N) is 1. The van der Waals surface area contributed by atoms with E-state index in [-0.39, 0.29) is 30.2 Å². The van der Waals surface area contributed by atoms with E-state index in [1.807, 2.05) is 0 Å². The van der Waals surface area contributed by atoms with Crippen molar-refractivity contribution in [2.24, 2.45) is 0 Å². The summed E-state index contributed by atoms with van der Waals surface area (Å²) in [6.07, 6.45) is 0. The molecule has 164 valence electrons. The van der Waals surface area contributed by atoms with Gasteiger partial charge in [-0.1, -0.05) is 0 Å². The Bertz CT molecular complexity index is 1250. The fourth-order valence-electron chi connectivity index (χ4n) is 3.39. The van der Waals surface area contributed by atoms with Gasteiger partial charge in [0.1, 0.15) is 19.0 Å². The molecule has 0 saturated carbocycles. The van der Waals surface area contributed by atoms with Crippen molar-refractivity contribution in [2.75, 3.05) is 33.5 Å². The van der Waals surface area contributed by atoms with Crippen LogP contribution in [0.3, 0.4) is 0 Å². The zero-order valence-corrected chi connectivity index (χ0v) is 17.6. The number of pyridine rings is 1. The monoisotopic (exact) mass is 446 g/mol. The maximum Gasteiger partial charge on any atom is 0.252 e. The van der Waals surface area contributed by atoms with E-state index in [0.717, 1.165) is 4.31 Å². The lowest BCUT2D eigenvalue weighted by Crippen LogP contribution is -2.35. The largest absolute Gasteiger partial charge is 0.497 e. The molecule has 0 fully saturated rings. The minimum Gasteiger partial charge on any atom is -0.497 e. The van der Waals surface area contributed by atoms with Gasteiger partial charge < -0.3 is 24.3 Å². The van der Waals surface area contributed by atoms with E-state index in [1.54, 1.807) is 18.2 Å². The standard InChI is InChI=1S/C21H22N2O7S/c1-28-16-2-4-17(5-3-16)31(26,27)23(6-7-24)13-15-10-14-11-19-20(30-9-8-29-19)12-18(14)22-21(15)25/h2-5,10-12,24H,6-9,13H2,1H3,(H,22,25). The van der Waals surface area contributed by atoms with Crippen LogP contribution in [0.15, 0.2) is 52.2 Å². The molecule has 4 rings (SSSR count). The summed E-state index contributed by atoms with van der Waals surface area (Å²) in [5.41, 5.74) is 0.386. The van der Waals surface area contributed by atoms with Crippen LogP contribution < -0.4 is 19.8 Å². The Kier molecular flexibility index (Phi) is 5.86. The first-order valence-corrected chi connectivity index (χ1v) is 11.1. The Morgan fingerprint density at radius 1 is 1.10 bits per heavy atom. The smallest absolute Gasteiger partial charge is 0.252 e. The maximum atomic E-state index is 13.1. The van der Waals surface area contributed by atoms with Crippen molar-refractivity contribution < 1.29 is 27.7 Å². The van der Waals surface area contributed by atoms with Crippen molar-refractivity contribution >= 4 is 20.9 Å². The van der Waals surface area contributed by atoms with Crippen LogP contribution >= 0.6 is 0 Å². The average molecular weight is 446 g/mol. The molecule has 2 N–H and O–H groups in total. The number of aliphatic hydroxyl groups is 1. The molecular weight excluding hydrogens is 424 g/mol. The number of hydrogen-bond donors (Lipinski definition) is 2. The molecular formula is C21H22N2O7S. The molecule has 0 saturated heterocycles. The molecule has 1 aromatic heterocycles. The molecule has 31 heavy (non-hydrogen) atoms. The predicted octanol–water partition coefficient (Wildman–Crippen LogP) is 1.49. The lowest BCUT2D eigenvalue weighted by atomic mass is 10.1. The second kappa shape index (κ2) is 8.58. The van der Waals surface area contributed by atoms with Gasteiger partial charge in [0.25, 0.3) is 5.56 Å². The minimum absolute atomic E-state index is 0.0404. The summed E-state index contributed by atoms with van der Waals surface area (Å²) < 4.78 is 43.5. The van der Waals surface area contributed by atoms with Gasteiger partial charge in [0.05, 0.1) is 24.1 Å². The predicted molar refractivity (Wildman–Crippen MR) is 113 cm³/mol. The molecule has 0 radical (unpaired) electrons. The summed E-state index contributed by atoms with van der Waals surface area (Å²) in [6.45, 7) is 0.112. The first-order valence-electron chi connectivity index (χ1n) is 9.63. The molecule has 1 aliphatic heterocycles. The number of ether oxygens (including phenoxy) is 3. The zero-order valence-electron chi connectivity index (χ0n) is 16.8. The van der Waals surface area contributed by atoms with Crippen molar-refractivity contribution in [3.05, 3.63) is 58.4 Å². The van der Waals surface area contributed by atoms with Gasteiger partial charge in [-0.15, -0.1) is 0 Å². The third kappa shape index (κ3) is 4.22. The Hall–Kier alpha value is -3.08. The number of nitrogens with zero attached hydrogens (tertiary/aromatic N) is 1. The second-order valence-corrected chi connectivity index (χ2v) is 8.88. The number of fused-ring (bicyclic) bond motifs is 2. The van der Waals surface area contributed by atoms with E-state index < -0.39 is 15.6 Å². The van der Waals surface area contributed by atoms with Crippen molar-refractivity contribution in [3.8, 4) is 17.2 Å². The van der Waals surface area contributed by atoms with Crippen LogP contribution in [0.25, 0.3) is 10.9 Å². The molecule has 0 atom stereocenters. The zero-order chi connectivity index (χ0) is 22.0. The lowest BCUT2D eigenvalue weighted by Gasteiger charge is -2.22.